The first kappa shape index (κ1) is 22.2. The summed E-state index contributed by atoms with van der Waals surface area (Å²) in [5.74, 6) is -0.755. The molecular weight excluding hydrogens is 478 g/mol. The monoisotopic (exact) mass is 497 g/mol. The molecule has 0 unspecified atom stereocenters. The maximum absolute atomic E-state index is 13.3. The lowest BCUT2D eigenvalue weighted by atomic mass is 10.1. The van der Waals surface area contributed by atoms with Crippen molar-refractivity contribution in [1.29, 1.82) is 0 Å². The molecule has 160 valence electrons. The number of rotatable bonds is 5. The third kappa shape index (κ3) is 4.47. The van der Waals surface area contributed by atoms with Crippen molar-refractivity contribution in [2.45, 2.75) is 4.90 Å². The Kier molecular flexibility index (Phi) is 6.74. The van der Waals surface area contributed by atoms with Gasteiger partial charge in [0.15, 0.2) is 0 Å². The van der Waals surface area contributed by atoms with Crippen molar-refractivity contribution in [3.8, 4) is 0 Å². The Balaban J connectivity index is 1.88. The van der Waals surface area contributed by atoms with E-state index in [0.717, 1.165) is 23.5 Å². The molecule has 0 radical (unpaired) electrons. The molecule has 11 heteroatoms. The van der Waals surface area contributed by atoms with Gasteiger partial charge >= 0.3 is 11.9 Å². The molecule has 30 heavy (non-hydrogen) atoms. The van der Waals surface area contributed by atoms with Gasteiger partial charge < -0.3 is 14.4 Å². The van der Waals surface area contributed by atoms with Crippen molar-refractivity contribution in [1.82, 2.24) is 9.29 Å². The van der Waals surface area contributed by atoms with Crippen molar-refractivity contribution in [2.75, 3.05) is 45.3 Å². The number of esters is 2. The Morgan fingerprint density at radius 1 is 1.00 bits per heavy atom. The first-order valence-corrected chi connectivity index (χ1v) is 11.2. The molecule has 0 amide bonds. The van der Waals surface area contributed by atoms with Crippen LogP contribution in [0, 0.1) is 0 Å². The zero-order chi connectivity index (χ0) is 21.9. The van der Waals surface area contributed by atoms with Gasteiger partial charge in [0.25, 0.3) is 0 Å². The number of ether oxygens (including phenoxy) is 2. The highest BCUT2D eigenvalue weighted by atomic mass is 79.9. The highest BCUT2D eigenvalue weighted by Gasteiger charge is 2.33. The molecule has 0 spiro atoms. The zero-order valence-corrected chi connectivity index (χ0v) is 18.8. The second kappa shape index (κ2) is 9.11. The molecular formula is C19H20BrN3O6S. The number of halogens is 1. The number of benzene rings is 1. The molecule has 1 fully saturated rings. The first-order chi connectivity index (χ1) is 14.3. The minimum absolute atomic E-state index is 0.0291. The minimum atomic E-state index is -4.05. The first-order valence-electron chi connectivity index (χ1n) is 8.95. The van der Waals surface area contributed by atoms with Crippen LogP contribution in [0.1, 0.15) is 20.7 Å². The average Bonchev–Trinajstić information content (AvgIpc) is 2.78. The predicted molar refractivity (Wildman–Crippen MR) is 112 cm³/mol. The number of nitrogens with zero attached hydrogens (tertiary/aromatic N) is 3. The van der Waals surface area contributed by atoms with Crippen LogP contribution in [0.2, 0.25) is 0 Å². The number of hydrogen-bond acceptors (Lipinski definition) is 8. The number of aromatic nitrogens is 1. The van der Waals surface area contributed by atoms with E-state index >= 15 is 0 Å². The number of pyridine rings is 1. The number of sulfonamides is 1. The van der Waals surface area contributed by atoms with Crippen LogP contribution < -0.4 is 4.90 Å². The molecule has 1 saturated heterocycles. The summed E-state index contributed by atoms with van der Waals surface area (Å²) < 4.78 is 38.1. The smallest absolute Gasteiger partial charge is 0.339 e. The highest BCUT2D eigenvalue weighted by Crippen LogP contribution is 2.25. The van der Waals surface area contributed by atoms with Crippen LogP contribution in [0.5, 0.6) is 0 Å². The lowest BCUT2D eigenvalue weighted by Crippen LogP contribution is -2.49. The van der Waals surface area contributed by atoms with Gasteiger partial charge in [0.05, 0.1) is 30.2 Å². The molecule has 0 bridgehead atoms. The van der Waals surface area contributed by atoms with E-state index in [-0.39, 0.29) is 29.1 Å². The minimum Gasteiger partial charge on any atom is -0.465 e. The van der Waals surface area contributed by atoms with Crippen LogP contribution in [0.3, 0.4) is 0 Å². The quantitative estimate of drug-likeness (QED) is 0.576. The SMILES string of the molecule is COC(=O)c1ccc(C(=O)OC)c(S(=O)(=O)N2CCN(c3ccc(Br)cn3)CC2)c1. The maximum atomic E-state index is 13.3. The summed E-state index contributed by atoms with van der Waals surface area (Å²) in [6.07, 6.45) is 1.68. The third-order valence-electron chi connectivity index (χ3n) is 4.70. The van der Waals surface area contributed by atoms with E-state index in [2.05, 4.69) is 25.7 Å². The second-order valence-electron chi connectivity index (χ2n) is 6.42. The summed E-state index contributed by atoms with van der Waals surface area (Å²) in [6.45, 7) is 1.25. The fraction of sp³-hybridized carbons (Fsp3) is 0.316. The summed E-state index contributed by atoms with van der Waals surface area (Å²) in [7, 11) is -1.70. The lowest BCUT2D eigenvalue weighted by Gasteiger charge is -2.34. The summed E-state index contributed by atoms with van der Waals surface area (Å²) in [6, 6.07) is 7.45. The standard InChI is InChI=1S/C19H20BrN3O6S/c1-28-18(24)13-3-5-15(19(25)29-2)16(11-13)30(26,27)23-9-7-22(8-10-23)17-6-4-14(20)12-21-17/h3-6,11-12H,7-10H2,1-2H3. The van der Waals surface area contributed by atoms with Crippen LogP contribution in [0.4, 0.5) is 5.82 Å². The van der Waals surface area contributed by atoms with E-state index in [4.69, 9.17) is 4.74 Å². The van der Waals surface area contributed by atoms with E-state index in [1.807, 2.05) is 17.0 Å². The largest absolute Gasteiger partial charge is 0.465 e. The molecule has 3 rings (SSSR count). The van der Waals surface area contributed by atoms with E-state index in [1.54, 1.807) is 6.20 Å². The number of anilines is 1. The average molecular weight is 498 g/mol. The molecule has 1 aromatic heterocycles. The van der Waals surface area contributed by atoms with Gasteiger partial charge in [0.1, 0.15) is 5.82 Å². The van der Waals surface area contributed by atoms with Crippen LogP contribution in [0.15, 0.2) is 45.9 Å². The van der Waals surface area contributed by atoms with Crippen LogP contribution in [-0.2, 0) is 19.5 Å². The van der Waals surface area contributed by atoms with E-state index in [0.29, 0.717) is 13.1 Å². The molecule has 1 aliphatic rings. The normalized spacial score (nSPS) is 15.0. The molecule has 1 aromatic carbocycles. The van der Waals surface area contributed by atoms with Gasteiger partial charge in [-0.15, -0.1) is 0 Å². The predicted octanol–water partition coefficient (Wildman–Crippen LogP) is 1.93. The third-order valence-corrected chi connectivity index (χ3v) is 7.11. The second-order valence-corrected chi connectivity index (χ2v) is 9.24. The number of piperazine rings is 1. The Morgan fingerprint density at radius 3 is 2.23 bits per heavy atom. The van der Waals surface area contributed by atoms with Gasteiger partial charge in [-0.3, -0.25) is 0 Å². The van der Waals surface area contributed by atoms with E-state index in [1.165, 1.54) is 23.5 Å². The molecule has 0 saturated carbocycles. The van der Waals surface area contributed by atoms with Crippen molar-refractivity contribution in [3.05, 3.63) is 52.1 Å². The van der Waals surface area contributed by atoms with Crippen LogP contribution in [0.25, 0.3) is 0 Å². The van der Waals surface area contributed by atoms with Crippen molar-refractivity contribution >= 4 is 43.7 Å². The number of carbonyl (C=O) groups excluding carboxylic acids is 2. The molecule has 9 nitrogen and oxygen atoms in total. The molecule has 0 N–H and O–H groups in total. The zero-order valence-electron chi connectivity index (χ0n) is 16.4. The highest BCUT2D eigenvalue weighted by molar-refractivity contribution is 9.10. The fourth-order valence-corrected chi connectivity index (χ4v) is 4.97. The van der Waals surface area contributed by atoms with Crippen molar-refractivity contribution in [3.63, 3.8) is 0 Å². The summed E-state index contributed by atoms with van der Waals surface area (Å²) >= 11 is 3.34. The topological polar surface area (TPSA) is 106 Å². The van der Waals surface area contributed by atoms with Crippen LogP contribution >= 0.6 is 15.9 Å². The Bertz CT molecular complexity index is 1050. The Morgan fingerprint density at radius 2 is 1.67 bits per heavy atom. The molecule has 0 atom stereocenters. The molecule has 1 aliphatic heterocycles. The Labute approximate surface area is 182 Å². The van der Waals surface area contributed by atoms with Gasteiger partial charge in [-0.1, -0.05) is 0 Å². The van der Waals surface area contributed by atoms with Gasteiger partial charge in [0, 0.05) is 36.8 Å². The Hall–Kier alpha value is -2.50. The van der Waals surface area contributed by atoms with E-state index in [9.17, 15) is 18.0 Å². The molecule has 2 heterocycles. The van der Waals surface area contributed by atoms with Gasteiger partial charge in [-0.05, 0) is 46.3 Å². The van der Waals surface area contributed by atoms with Gasteiger partial charge in [-0.25, -0.2) is 23.0 Å². The summed E-state index contributed by atoms with van der Waals surface area (Å²) in [5, 5.41) is 0. The number of hydrogen-bond donors (Lipinski definition) is 0. The summed E-state index contributed by atoms with van der Waals surface area (Å²) in [4.78, 5) is 30.0. The van der Waals surface area contributed by atoms with Gasteiger partial charge in [-0.2, -0.15) is 4.31 Å². The van der Waals surface area contributed by atoms with Crippen molar-refractivity contribution in [2.24, 2.45) is 0 Å². The maximum Gasteiger partial charge on any atom is 0.339 e. The van der Waals surface area contributed by atoms with Gasteiger partial charge in [0.2, 0.25) is 10.0 Å². The summed E-state index contributed by atoms with van der Waals surface area (Å²) in [5.41, 5.74) is -0.108. The van der Waals surface area contributed by atoms with Crippen LogP contribution in [-0.4, -0.2) is 70.0 Å². The molecule has 2 aromatic rings. The van der Waals surface area contributed by atoms with Crippen molar-refractivity contribution < 1.29 is 27.5 Å². The number of carbonyl (C=O) groups is 2. The fourth-order valence-electron chi connectivity index (χ4n) is 3.11. The number of methoxy groups -OCH3 is 2. The van der Waals surface area contributed by atoms with E-state index < -0.39 is 22.0 Å². The lowest BCUT2D eigenvalue weighted by molar-refractivity contribution is 0.0583. The molecule has 0 aliphatic carbocycles.